The number of nitrogens with zero attached hydrogens (tertiary/aromatic N) is 3. The molecule has 0 radical (unpaired) electrons. The Morgan fingerprint density at radius 1 is 1.55 bits per heavy atom. The van der Waals surface area contributed by atoms with Gasteiger partial charge >= 0.3 is 0 Å². The molecule has 5 nitrogen and oxygen atoms in total. The molecule has 0 aliphatic carbocycles. The molecule has 2 rings (SSSR count). The number of hydrogen-bond acceptors (Lipinski definition) is 5. The number of hydrogen-bond donors (Lipinski definition) is 1. The summed E-state index contributed by atoms with van der Waals surface area (Å²) in [6.45, 7) is 1.52. The van der Waals surface area contributed by atoms with E-state index in [2.05, 4.69) is 9.98 Å². The number of anilines is 1. The van der Waals surface area contributed by atoms with Crippen LogP contribution in [0.2, 0.25) is 0 Å². The number of halogens is 2. The zero-order valence-corrected chi connectivity index (χ0v) is 13.4. The van der Waals surface area contributed by atoms with Gasteiger partial charge in [0.25, 0.3) is 6.43 Å². The Labute approximate surface area is 132 Å². The van der Waals surface area contributed by atoms with Crippen molar-refractivity contribution < 1.29 is 13.5 Å². The van der Waals surface area contributed by atoms with E-state index in [0.29, 0.717) is 22.3 Å². The number of rotatable bonds is 4. The highest BCUT2D eigenvalue weighted by Gasteiger charge is 2.40. The van der Waals surface area contributed by atoms with Gasteiger partial charge in [-0.1, -0.05) is 11.8 Å². The van der Waals surface area contributed by atoms with Crippen LogP contribution in [-0.2, 0) is 0 Å². The Hall–Kier alpha value is -1.83. The molecule has 0 aromatic heterocycles. The van der Waals surface area contributed by atoms with Gasteiger partial charge < -0.3 is 15.4 Å². The second-order valence-electron chi connectivity index (χ2n) is 5.04. The monoisotopic (exact) mass is 328 g/mol. The fourth-order valence-corrected chi connectivity index (χ4v) is 2.24. The van der Waals surface area contributed by atoms with Crippen LogP contribution in [0.15, 0.2) is 28.2 Å². The highest BCUT2D eigenvalue weighted by molar-refractivity contribution is 8.13. The molecule has 0 fully saturated rings. The fraction of sp³-hybridized carbons (Fsp3) is 0.429. The summed E-state index contributed by atoms with van der Waals surface area (Å²) in [7, 11) is 1.52. The van der Waals surface area contributed by atoms with Crippen molar-refractivity contribution in [3.8, 4) is 5.75 Å². The van der Waals surface area contributed by atoms with Gasteiger partial charge in [0, 0.05) is 6.07 Å². The van der Waals surface area contributed by atoms with E-state index < -0.39 is 12.0 Å². The first-order valence-corrected chi connectivity index (χ1v) is 7.78. The molecule has 2 N–H and O–H groups in total. The topological polar surface area (TPSA) is 63.2 Å². The SMILES string of the molecule is COc1cc(N=C(N)SC)ccc1N1C=NC(C)(C(F)F)C1. The minimum atomic E-state index is -2.52. The normalized spacial score (nSPS) is 21.7. The van der Waals surface area contributed by atoms with Gasteiger partial charge in [-0.15, -0.1) is 0 Å². The maximum absolute atomic E-state index is 13.0. The summed E-state index contributed by atoms with van der Waals surface area (Å²) < 4.78 is 31.4. The van der Waals surface area contributed by atoms with Gasteiger partial charge in [-0.25, -0.2) is 13.8 Å². The zero-order chi connectivity index (χ0) is 16.3. The number of benzene rings is 1. The Morgan fingerprint density at radius 3 is 2.82 bits per heavy atom. The summed E-state index contributed by atoms with van der Waals surface area (Å²) >= 11 is 1.34. The van der Waals surface area contributed by atoms with Gasteiger partial charge in [-0.3, -0.25) is 4.99 Å². The number of ether oxygens (including phenoxy) is 1. The van der Waals surface area contributed by atoms with E-state index in [1.165, 1.54) is 32.1 Å². The molecular formula is C14H18F2N4OS. The predicted octanol–water partition coefficient (Wildman–Crippen LogP) is 2.88. The highest BCUT2D eigenvalue weighted by Crippen LogP contribution is 2.36. The first-order valence-electron chi connectivity index (χ1n) is 6.56. The molecule has 0 bridgehead atoms. The lowest BCUT2D eigenvalue weighted by Gasteiger charge is -2.24. The molecule has 1 heterocycles. The first kappa shape index (κ1) is 16.5. The van der Waals surface area contributed by atoms with Crippen LogP contribution in [0.1, 0.15) is 6.92 Å². The molecule has 1 aliphatic rings. The molecule has 1 aromatic rings. The molecule has 8 heteroatoms. The number of aliphatic imine (C=N–C) groups is 2. The van der Waals surface area contributed by atoms with Crippen molar-refractivity contribution in [2.75, 3.05) is 24.8 Å². The van der Waals surface area contributed by atoms with Crippen molar-refractivity contribution in [2.45, 2.75) is 18.9 Å². The average molecular weight is 328 g/mol. The Balaban J connectivity index is 2.28. The van der Waals surface area contributed by atoms with Crippen LogP contribution in [0.3, 0.4) is 0 Å². The lowest BCUT2D eigenvalue weighted by Crippen LogP contribution is -2.38. The van der Waals surface area contributed by atoms with Crippen LogP contribution in [0, 0.1) is 0 Å². The maximum Gasteiger partial charge on any atom is 0.264 e. The number of thioether (sulfide) groups is 1. The van der Waals surface area contributed by atoms with Crippen LogP contribution in [0.25, 0.3) is 0 Å². The van der Waals surface area contributed by atoms with E-state index in [-0.39, 0.29) is 6.54 Å². The van der Waals surface area contributed by atoms with Crippen molar-refractivity contribution in [3.63, 3.8) is 0 Å². The van der Waals surface area contributed by atoms with E-state index in [1.54, 1.807) is 23.1 Å². The Kier molecular flexibility index (Phi) is 4.90. The van der Waals surface area contributed by atoms with Gasteiger partial charge in [0.2, 0.25) is 0 Å². The van der Waals surface area contributed by atoms with Crippen molar-refractivity contribution in [3.05, 3.63) is 18.2 Å². The smallest absolute Gasteiger partial charge is 0.264 e. The largest absolute Gasteiger partial charge is 0.494 e. The van der Waals surface area contributed by atoms with E-state index in [0.717, 1.165) is 0 Å². The van der Waals surface area contributed by atoms with Crippen LogP contribution in [0.4, 0.5) is 20.2 Å². The number of alkyl halides is 2. The molecule has 0 saturated heterocycles. The standard InChI is InChI=1S/C14H18F2N4OS/c1-14(12(15)16)7-20(8-18-14)10-5-4-9(6-11(10)21-2)19-13(17)22-3/h4-6,8,12H,7H2,1-3H3,(H2,17,19). The van der Waals surface area contributed by atoms with Gasteiger partial charge in [0.15, 0.2) is 5.17 Å². The summed E-state index contributed by atoms with van der Waals surface area (Å²) in [5.74, 6) is 0.528. The lowest BCUT2D eigenvalue weighted by molar-refractivity contribution is 0.0741. The van der Waals surface area contributed by atoms with Crippen molar-refractivity contribution in [1.82, 2.24) is 0 Å². The minimum Gasteiger partial charge on any atom is -0.494 e. The van der Waals surface area contributed by atoms with E-state index in [1.807, 2.05) is 6.26 Å². The van der Waals surface area contributed by atoms with Gasteiger partial charge in [0.05, 0.1) is 31.4 Å². The maximum atomic E-state index is 13.0. The molecular weight excluding hydrogens is 310 g/mol. The minimum absolute atomic E-state index is 0.0938. The van der Waals surface area contributed by atoms with Crippen molar-refractivity contribution in [1.29, 1.82) is 0 Å². The van der Waals surface area contributed by atoms with Crippen molar-refractivity contribution >= 4 is 34.6 Å². The molecule has 120 valence electrons. The number of amidine groups is 1. The Bertz CT molecular complexity index is 609. The second-order valence-corrected chi connectivity index (χ2v) is 5.87. The van der Waals surface area contributed by atoms with E-state index in [9.17, 15) is 8.78 Å². The van der Waals surface area contributed by atoms with Gasteiger partial charge in [0.1, 0.15) is 11.3 Å². The molecule has 1 unspecified atom stereocenters. The molecule has 1 aliphatic heterocycles. The average Bonchev–Trinajstić information content (AvgIpc) is 2.90. The van der Waals surface area contributed by atoms with Gasteiger partial charge in [-0.05, 0) is 25.3 Å². The third-order valence-corrected chi connectivity index (χ3v) is 3.88. The third kappa shape index (κ3) is 3.32. The Morgan fingerprint density at radius 2 is 2.27 bits per heavy atom. The molecule has 1 aromatic carbocycles. The van der Waals surface area contributed by atoms with Crippen molar-refractivity contribution in [2.24, 2.45) is 15.7 Å². The summed E-state index contributed by atoms with van der Waals surface area (Å²) in [6.07, 6.45) is 0.726. The fourth-order valence-electron chi connectivity index (χ4n) is 2.05. The molecule has 0 saturated carbocycles. The predicted molar refractivity (Wildman–Crippen MR) is 88.0 cm³/mol. The second kappa shape index (κ2) is 6.51. The number of nitrogens with two attached hydrogens (primary N) is 1. The van der Waals surface area contributed by atoms with E-state index in [4.69, 9.17) is 10.5 Å². The summed E-state index contributed by atoms with van der Waals surface area (Å²) in [5.41, 5.74) is 5.59. The summed E-state index contributed by atoms with van der Waals surface area (Å²) in [4.78, 5) is 9.79. The van der Waals surface area contributed by atoms with Crippen LogP contribution in [0.5, 0.6) is 5.75 Å². The lowest BCUT2D eigenvalue weighted by atomic mass is 10.1. The summed E-state index contributed by atoms with van der Waals surface area (Å²) in [6, 6.07) is 5.23. The van der Waals surface area contributed by atoms with Crippen LogP contribution >= 0.6 is 11.8 Å². The molecule has 0 spiro atoms. The molecule has 22 heavy (non-hydrogen) atoms. The van der Waals surface area contributed by atoms with E-state index >= 15 is 0 Å². The van der Waals surface area contributed by atoms with Crippen LogP contribution in [-0.4, -0.2) is 43.4 Å². The summed E-state index contributed by atoms with van der Waals surface area (Å²) in [5, 5.41) is 0.433. The molecule has 1 atom stereocenters. The quantitative estimate of drug-likeness (QED) is 0.682. The first-order chi connectivity index (χ1) is 10.4. The zero-order valence-electron chi connectivity index (χ0n) is 12.6. The molecule has 0 amide bonds. The van der Waals surface area contributed by atoms with Gasteiger partial charge in [-0.2, -0.15) is 0 Å². The highest BCUT2D eigenvalue weighted by atomic mass is 32.2. The number of methoxy groups -OCH3 is 1. The van der Waals surface area contributed by atoms with Crippen LogP contribution < -0.4 is 15.4 Å². The third-order valence-electron chi connectivity index (χ3n) is 3.37.